The molecule has 1 aliphatic heterocycles. The molecular weight excluding hydrogens is 617 g/mol. The molecule has 0 saturated heterocycles. The van der Waals surface area contributed by atoms with Gasteiger partial charge in [0.2, 0.25) is 11.0 Å². The SMILES string of the molecule is CC1(C)CC(=O)C2=C(C1)N(c1nnc(SCC(=O)Nc3ccc(Br)cn3)s1)C(N)=C(C#N)C2c1ccccc1F. The number of nitrogens with two attached hydrogens (primary N) is 1. The zero-order valence-electron chi connectivity index (χ0n) is 21.4. The summed E-state index contributed by atoms with van der Waals surface area (Å²) in [5, 5.41) is 21.7. The van der Waals surface area contributed by atoms with Gasteiger partial charge in [0.05, 0.1) is 23.3 Å². The summed E-state index contributed by atoms with van der Waals surface area (Å²) in [6, 6.07) is 11.7. The smallest absolute Gasteiger partial charge is 0.235 e. The van der Waals surface area contributed by atoms with Crippen molar-refractivity contribution in [2.45, 2.75) is 36.9 Å². The topological polar surface area (TPSA) is 138 Å². The highest BCUT2D eigenvalue weighted by atomic mass is 79.9. The molecule has 0 bridgehead atoms. The Morgan fingerprint density at radius 3 is 2.77 bits per heavy atom. The lowest BCUT2D eigenvalue weighted by Gasteiger charge is -2.42. The number of carbonyl (C=O) groups is 2. The van der Waals surface area contributed by atoms with E-state index in [-0.39, 0.29) is 46.2 Å². The molecule has 0 radical (unpaired) electrons. The van der Waals surface area contributed by atoms with E-state index in [1.165, 1.54) is 29.2 Å². The van der Waals surface area contributed by atoms with Gasteiger partial charge in [-0.15, -0.1) is 10.2 Å². The van der Waals surface area contributed by atoms with Crippen molar-refractivity contribution < 1.29 is 14.0 Å². The van der Waals surface area contributed by atoms with Gasteiger partial charge in [0.25, 0.3) is 0 Å². The summed E-state index contributed by atoms with van der Waals surface area (Å²) in [4.78, 5) is 31.7. The molecule has 1 aliphatic carbocycles. The largest absolute Gasteiger partial charge is 0.384 e. The van der Waals surface area contributed by atoms with Gasteiger partial charge >= 0.3 is 0 Å². The van der Waals surface area contributed by atoms with E-state index in [4.69, 9.17) is 5.73 Å². The van der Waals surface area contributed by atoms with E-state index in [2.05, 4.69) is 42.5 Å². The first-order valence-electron chi connectivity index (χ1n) is 12.2. The molecule has 1 atom stereocenters. The third-order valence-corrected chi connectivity index (χ3v) is 9.02. The molecule has 204 valence electrons. The van der Waals surface area contributed by atoms with Crippen LogP contribution in [0.15, 0.2) is 74.1 Å². The van der Waals surface area contributed by atoms with Gasteiger partial charge in [-0.1, -0.05) is 55.1 Å². The number of rotatable bonds is 6. The summed E-state index contributed by atoms with van der Waals surface area (Å²) in [6.45, 7) is 3.95. The number of Topliss-reactive ketones (excluding diaryl/α,β-unsaturated/α-hetero) is 1. The second-order valence-corrected chi connectivity index (χ2v) is 13.1. The number of amides is 1. The molecular formula is C27H23BrFN7O2S2. The van der Waals surface area contributed by atoms with Gasteiger partial charge in [-0.25, -0.2) is 9.37 Å². The first-order chi connectivity index (χ1) is 19.1. The summed E-state index contributed by atoms with van der Waals surface area (Å²) >= 11 is 5.68. The number of nitrogens with one attached hydrogen (secondary N) is 1. The Morgan fingerprint density at radius 1 is 1.30 bits per heavy atom. The number of pyridine rings is 1. The van der Waals surface area contributed by atoms with E-state index in [9.17, 15) is 19.2 Å². The minimum atomic E-state index is -0.918. The van der Waals surface area contributed by atoms with E-state index in [1.807, 2.05) is 13.8 Å². The lowest BCUT2D eigenvalue weighted by Crippen LogP contribution is -2.42. The molecule has 13 heteroatoms. The quantitative estimate of drug-likeness (QED) is 0.334. The van der Waals surface area contributed by atoms with Gasteiger partial charge in [-0.05, 0) is 46.0 Å². The number of benzene rings is 1. The van der Waals surface area contributed by atoms with Crippen molar-refractivity contribution in [2.75, 3.05) is 16.0 Å². The Hall–Kier alpha value is -3.60. The zero-order chi connectivity index (χ0) is 28.6. The van der Waals surface area contributed by atoms with E-state index in [0.717, 1.165) is 4.47 Å². The van der Waals surface area contributed by atoms with Crippen molar-refractivity contribution in [3.8, 4) is 6.07 Å². The van der Waals surface area contributed by atoms with Crippen LogP contribution in [0.25, 0.3) is 0 Å². The third-order valence-electron chi connectivity index (χ3n) is 6.51. The fourth-order valence-electron chi connectivity index (χ4n) is 4.85. The molecule has 9 nitrogen and oxygen atoms in total. The number of hydrogen-bond acceptors (Lipinski definition) is 10. The highest BCUT2D eigenvalue weighted by molar-refractivity contribution is 9.10. The molecule has 3 aromatic rings. The van der Waals surface area contributed by atoms with Gasteiger partial charge in [-0.3, -0.25) is 14.5 Å². The van der Waals surface area contributed by atoms with Crippen molar-refractivity contribution in [3.63, 3.8) is 0 Å². The third kappa shape index (κ3) is 5.52. The minimum Gasteiger partial charge on any atom is -0.384 e. The van der Waals surface area contributed by atoms with Crippen LogP contribution in [0.2, 0.25) is 0 Å². The zero-order valence-corrected chi connectivity index (χ0v) is 24.7. The molecule has 5 rings (SSSR count). The van der Waals surface area contributed by atoms with Gasteiger partial charge in [0.15, 0.2) is 10.1 Å². The first kappa shape index (κ1) is 27.9. The number of ketones is 1. The average molecular weight is 641 g/mol. The number of halogens is 2. The maximum absolute atomic E-state index is 15.0. The Bertz CT molecular complexity index is 1610. The molecule has 3 N–H and O–H groups in total. The van der Waals surface area contributed by atoms with Crippen LogP contribution in [0.1, 0.15) is 38.2 Å². The summed E-state index contributed by atoms with van der Waals surface area (Å²) in [7, 11) is 0. The fraction of sp³-hybridized carbons (Fsp3) is 0.259. The summed E-state index contributed by atoms with van der Waals surface area (Å²) < 4.78 is 16.3. The molecule has 1 aromatic carbocycles. The van der Waals surface area contributed by atoms with Crippen molar-refractivity contribution >= 4 is 61.7 Å². The Labute approximate surface area is 246 Å². The molecule has 0 saturated carbocycles. The summed E-state index contributed by atoms with van der Waals surface area (Å²) in [5.41, 5.74) is 7.42. The Balaban J connectivity index is 1.47. The average Bonchev–Trinajstić information content (AvgIpc) is 3.36. The molecule has 1 unspecified atom stereocenters. The predicted octanol–water partition coefficient (Wildman–Crippen LogP) is 5.51. The fourth-order valence-corrected chi connectivity index (χ4v) is 6.77. The molecule has 1 amide bonds. The van der Waals surface area contributed by atoms with Crippen LogP contribution in [0.5, 0.6) is 0 Å². The van der Waals surface area contributed by atoms with Crippen LogP contribution in [0.3, 0.4) is 0 Å². The second kappa shape index (κ2) is 11.1. The van der Waals surface area contributed by atoms with E-state index in [1.54, 1.807) is 41.4 Å². The Morgan fingerprint density at radius 2 is 2.08 bits per heavy atom. The molecule has 40 heavy (non-hydrogen) atoms. The van der Waals surface area contributed by atoms with Crippen molar-refractivity contribution in [1.82, 2.24) is 15.2 Å². The molecule has 0 fully saturated rings. The number of thioether (sulfide) groups is 1. The molecule has 2 aliphatic rings. The van der Waals surface area contributed by atoms with Crippen molar-refractivity contribution in [3.05, 3.63) is 81.1 Å². The number of aromatic nitrogens is 3. The number of anilines is 2. The number of hydrogen-bond donors (Lipinski definition) is 2. The first-order valence-corrected chi connectivity index (χ1v) is 14.8. The van der Waals surface area contributed by atoms with Crippen molar-refractivity contribution in [2.24, 2.45) is 11.1 Å². The van der Waals surface area contributed by atoms with Crippen LogP contribution < -0.4 is 16.0 Å². The highest BCUT2D eigenvalue weighted by Crippen LogP contribution is 2.51. The predicted molar refractivity (Wildman–Crippen MR) is 155 cm³/mol. The highest BCUT2D eigenvalue weighted by Gasteiger charge is 2.46. The standard InChI is InChI=1S/C27H23BrFN7O2S2/c1-27(2)9-18-23(19(37)10-27)22(15-5-3-4-6-17(15)29)16(11-30)24(31)36(18)25-34-35-26(40-25)39-13-21(38)33-20-8-7-14(28)12-32-20/h3-8,12,22H,9-10,13,31H2,1-2H3,(H,32,33,38). The molecule has 3 heterocycles. The summed E-state index contributed by atoms with van der Waals surface area (Å²) in [6.07, 6.45) is 2.30. The number of allylic oxidation sites excluding steroid dienone is 3. The van der Waals surface area contributed by atoms with Gasteiger partial charge in [0, 0.05) is 33.9 Å². The number of nitriles is 1. The maximum Gasteiger partial charge on any atom is 0.235 e. The molecule has 2 aromatic heterocycles. The molecule has 0 spiro atoms. The maximum atomic E-state index is 15.0. The van der Waals surface area contributed by atoms with E-state index >= 15 is 0 Å². The summed E-state index contributed by atoms with van der Waals surface area (Å²) in [5.74, 6) is -1.30. The van der Waals surface area contributed by atoms with Crippen molar-refractivity contribution in [1.29, 1.82) is 5.26 Å². The van der Waals surface area contributed by atoms with Crippen LogP contribution in [-0.2, 0) is 9.59 Å². The van der Waals surface area contributed by atoms with Gasteiger partial charge < -0.3 is 11.1 Å². The number of carbonyl (C=O) groups excluding carboxylic acids is 2. The van der Waals surface area contributed by atoms with E-state index < -0.39 is 11.7 Å². The number of nitrogens with zero attached hydrogens (tertiary/aromatic N) is 5. The van der Waals surface area contributed by atoms with Gasteiger partial charge in [0.1, 0.15) is 17.5 Å². The monoisotopic (exact) mass is 639 g/mol. The second-order valence-electron chi connectivity index (χ2n) is 10.1. The van der Waals surface area contributed by atoms with Crippen LogP contribution in [0, 0.1) is 22.6 Å². The van der Waals surface area contributed by atoms with E-state index in [0.29, 0.717) is 33.0 Å². The normalized spacial score (nSPS) is 18.4. The lowest BCUT2D eigenvalue weighted by atomic mass is 9.68. The van der Waals surface area contributed by atoms with Crippen LogP contribution in [-0.4, -0.2) is 32.6 Å². The van der Waals surface area contributed by atoms with Crippen LogP contribution >= 0.6 is 39.0 Å². The lowest BCUT2D eigenvalue weighted by molar-refractivity contribution is -0.118. The van der Waals surface area contributed by atoms with Crippen LogP contribution in [0.4, 0.5) is 15.3 Å². The minimum absolute atomic E-state index is 0.0654. The van der Waals surface area contributed by atoms with Gasteiger partial charge in [-0.2, -0.15) is 5.26 Å². The Kier molecular flexibility index (Phi) is 7.76.